The average molecular weight is 239 g/mol. The quantitative estimate of drug-likeness (QED) is 0.662. The van der Waals surface area contributed by atoms with E-state index in [1.165, 1.54) is 0 Å². The molecule has 1 atom stereocenters. The van der Waals surface area contributed by atoms with Crippen LogP contribution in [0.2, 0.25) is 0 Å². The lowest BCUT2D eigenvalue weighted by Gasteiger charge is -2.20. The number of rotatable bonds is 7. The third-order valence-electron chi connectivity index (χ3n) is 2.41. The van der Waals surface area contributed by atoms with Crippen LogP contribution < -0.4 is 10.1 Å². The monoisotopic (exact) mass is 239 g/mol. The second-order valence-corrected chi connectivity index (χ2v) is 4.34. The van der Waals surface area contributed by atoms with E-state index in [9.17, 15) is 5.11 Å². The summed E-state index contributed by atoms with van der Waals surface area (Å²) in [6.45, 7) is 4.98. The lowest BCUT2D eigenvalue weighted by Crippen LogP contribution is -2.40. The number of hydrogen-bond donors (Lipinski definition) is 3. The van der Waals surface area contributed by atoms with Gasteiger partial charge in [0.1, 0.15) is 5.75 Å². The summed E-state index contributed by atoms with van der Waals surface area (Å²) >= 11 is 0. The van der Waals surface area contributed by atoms with Crippen molar-refractivity contribution in [2.45, 2.75) is 26.0 Å². The molecule has 0 radical (unpaired) electrons. The van der Waals surface area contributed by atoms with Crippen LogP contribution in [0.3, 0.4) is 0 Å². The average Bonchev–Trinajstić information content (AvgIpc) is 2.32. The topological polar surface area (TPSA) is 61.7 Å². The van der Waals surface area contributed by atoms with Crippen LogP contribution in [0.5, 0.6) is 5.75 Å². The highest BCUT2D eigenvalue weighted by Crippen LogP contribution is 2.12. The number of hydrogen-bond acceptors (Lipinski definition) is 4. The van der Waals surface area contributed by atoms with Crippen LogP contribution in [0.15, 0.2) is 24.3 Å². The van der Waals surface area contributed by atoms with Crippen LogP contribution in [-0.4, -0.2) is 35.6 Å². The van der Waals surface area contributed by atoms with E-state index >= 15 is 0 Å². The smallest absolute Gasteiger partial charge is 0.119 e. The molecule has 0 fully saturated rings. The van der Waals surface area contributed by atoms with Crippen molar-refractivity contribution in [3.8, 4) is 5.75 Å². The van der Waals surface area contributed by atoms with Crippen molar-refractivity contribution in [3.05, 3.63) is 29.8 Å². The van der Waals surface area contributed by atoms with Crippen molar-refractivity contribution in [1.82, 2.24) is 5.32 Å². The van der Waals surface area contributed by atoms with Gasteiger partial charge in [0.2, 0.25) is 0 Å². The summed E-state index contributed by atoms with van der Waals surface area (Å²) in [5, 5.41) is 21.6. The number of aliphatic hydroxyl groups is 2. The Morgan fingerprint density at radius 1 is 1.29 bits per heavy atom. The van der Waals surface area contributed by atoms with Crippen LogP contribution in [-0.2, 0) is 6.54 Å². The molecule has 96 valence electrons. The Morgan fingerprint density at radius 2 is 1.94 bits per heavy atom. The van der Waals surface area contributed by atoms with Crippen LogP contribution in [0.25, 0.3) is 0 Å². The predicted molar refractivity (Wildman–Crippen MR) is 67.0 cm³/mol. The molecular weight excluding hydrogens is 218 g/mol. The van der Waals surface area contributed by atoms with E-state index in [1.54, 1.807) is 6.92 Å². The molecule has 0 saturated carbocycles. The summed E-state index contributed by atoms with van der Waals surface area (Å²) in [4.78, 5) is 0. The van der Waals surface area contributed by atoms with E-state index in [0.717, 1.165) is 11.3 Å². The van der Waals surface area contributed by atoms with Crippen molar-refractivity contribution in [2.75, 3.05) is 19.8 Å². The molecule has 3 N–H and O–H groups in total. The minimum atomic E-state index is -1.06. The molecule has 17 heavy (non-hydrogen) atoms. The Balaban J connectivity index is 2.37. The largest absolute Gasteiger partial charge is 0.494 e. The van der Waals surface area contributed by atoms with Crippen LogP contribution in [0, 0.1) is 0 Å². The van der Waals surface area contributed by atoms with Crippen LogP contribution in [0.1, 0.15) is 19.4 Å². The fourth-order valence-electron chi connectivity index (χ4n) is 1.40. The highest BCUT2D eigenvalue weighted by Gasteiger charge is 2.17. The maximum Gasteiger partial charge on any atom is 0.119 e. The van der Waals surface area contributed by atoms with Crippen LogP contribution in [0.4, 0.5) is 0 Å². The highest BCUT2D eigenvalue weighted by atomic mass is 16.5. The molecule has 0 saturated heterocycles. The van der Waals surface area contributed by atoms with Gasteiger partial charge in [-0.15, -0.1) is 0 Å². The summed E-state index contributed by atoms with van der Waals surface area (Å²) in [5.74, 6) is 0.860. The summed E-state index contributed by atoms with van der Waals surface area (Å²) < 4.78 is 5.34. The number of nitrogens with one attached hydrogen (secondary N) is 1. The molecule has 1 unspecified atom stereocenters. The van der Waals surface area contributed by atoms with Gasteiger partial charge in [-0.25, -0.2) is 0 Å². The van der Waals surface area contributed by atoms with E-state index in [1.807, 2.05) is 31.2 Å². The molecule has 0 aliphatic heterocycles. The molecule has 1 aromatic carbocycles. The molecular formula is C13H21NO3. The maximum absolute atomic E-state index is 9.58. The second kappa shape index (κ2) is 6.59. The van der Waals surface area contributed by atoms with Gasteiger partial charge in [0, 0.05) is 13.1 Å². The van der Waals surface area contributed by atoms with E-state index in [4.69, 9.17) is 9.84 Å². The first-order valence-corrected chi connectivity index (χ1v) is 5.83. The first kappa shape index (κ1) is 14.0. The lowest BCUT2D eigenvalue weighted by molar-refractivity contribution is 0.00254. The second-order valence-electron chi connectivity index (χ2n) is 4.34. The number of benzene rings is 1. The SMILES string of the molecule is CCOc1ccc(CNCC(C)(O)CO)cc1. The Bertz CT molecular complexity index is 322. The summed E-state index contributed by atoms with van der Waals surface area (Å²) in [6, 6.07) is 7.80. The zero-order chi connectivity index (χ0) is 12.7. The molecule has 0 heterocycles. The van der Waals surface area contributed by atoms with Crippen molar-refractivity contribution >= 4 is 0 Å². The van der Waals surface area contributed by atoms with Gasteiger partial charge >= 0.3 is 0 Å². The lowest BCUT2D eigenvalue weighted by atomic mass is 10.1. The fraction of sp³-hybridized carbons (Fsp3) is 0.538. The van der Waals surface area contributed by atoms with Gasteiger partial charge in [0.25, 0.3) is 0 Å². The van der Waals surface area contributed by atoms with Gasteiger partial charge in [-0.2, -0.15) is 0 Å². The molecule has 4 nitrogen and oxygen atoms in total. The number of aliphatic hydroxyl groups excluding tert-OH is 1. The van der Waals surface area contributed by atoms with Crippen LogP contribution >= 0.6 is 0 Å². The molecule has 4 heteroatoms. The third kappa shape index (κ3) is 5.17. The molecule has 0 aliphatic carbocycles. The minimum Gasteiger partial charge on any atom is -0.494 e. The molecule has 1 rings (SSSR count). The number of ether oxygens (including phenoxy) is 1. The molecule has 0 bridgehead atoms. The van der Waals surface area contributed by atoms with Crippen molar-refractivity contribution in [1.29, 1.82) is 0 Å². The molecule has 1 aromatic rings. The first-order valence-electron chi connectivity index (χ1n) is 5.83. The standard InChI is InChI=1S/C13H21NO3/c1-3-17-12-6-4-11(5-7-12)8-14-9-13(2,16)10-15/h4-7,14-16H,3,8-10H2,1-2H3. The summed E-state index contributed by atoms with van der Waals surface area (Å²) in [7, 11) is 0. The third-order valence-corrected chi connectivity index (χ3v) is 2.41. The van der Waals surface area contributed by atoms with Gasteiger partial charge in [-0.1, -0.05) is 12.1 Å². The van der Waals surface area contributed by atoms with Gasteiger partial charge in [0.15, 0.2) is 0 Å². The van der Waals surface area contributed by atoms with Crippen molar-refractivity contribution in [3.63, 3.8) is 0 Å². The van der Waals surface area contributed by atoms with E-state index < -0.39 is 5.60 Å². The van der Waals surface area contributed by atoms with Crippen molar-refractivity contribution < 1.29 is 14.9 Å². The van der Waals surface area contributed by atoms with E-state index in [0.29, 0.717) is 19.7 Å². The predicted octanol–water partition coefficient (Wildman–Crippen LogP) is 0.918. The molecule has 0 amide bonds. The highest BCUT2D eigenvalue weighted by molar-refractivity contribution is 5.27. The maximum atomic E-state index is 9.58. The van der Waals surface area contributed by atoms with Crippen molar-refractivity contribution in [2.24, 2.45) is 0 Å². The van der Waals surface area contributed by atoms with E-state index in [2.05, 4.69) is 5.32 Å². The van der Waals surface area contributed by atoms with E-state index in [-0.39, 0.29) is 6.61 Å². The normalized spacial score (nSPS) is 14.4. The summed E-state index contributed by atoms with van der Waals surface area (Å²) in [6.07, 6.45) is 0. The molecule has 0 aromatic heterocycles. The molecule has 0 aliphatic rings. The zero-order valence-electron chi connectivity index (χ0n) is 10.4. The Labute approximate surface area is 102 Å². The van der Waals surface area contributed by atoms with Gasteiger partial charge in [-0.05, 0) is 31.5 Å². The Hall–Kier alpha value is -1.10. The molecule has 0 spiro atoms. The Kier molecular flexibility index (Phi) is 5.41. The fourth-order valence-corrected chi connectivity index (χ4v) is 1.40. The Morgan fingerprint density at radius 3 is 2.47 bits per heavy atom. The minimum absolute atomic E-state index is 0.247. The van der Waals surface area contributed by atoms with Gasteiger partial charge in [0.05, 0.1) is 18.8 Å². The van der Waals surface area contributed by atoms with Gasteiger partial charge < -0.3 is 20.3 Å². The van der Waals surface area contributed by atoms with Gasteiger partial charge in [-0.3, -0.25) is 0 Å². The first-order chi connectivity index (χ1) is 8.07. The summed E-state index contributed by atoms with van der Waals surface area (Å²) in [5.41, 5.74) is 0.0489. The zero-order valence-corrected chi connectivity index (χ0v) is 10.4.